The summed E-state index contributed by atoms with van der Waals surface area (Å²) in [6, 6.07) is 2.40. The molecule has 1 aromatic rings. The van der Waals surface area contributed by atoms with Crippen LogP contribution in [0.5, 0.6) is 0 Å². The van der Waals surface area contributed by atoms with Crippen molar-refractivity contribution in [3.05, 3.63) is 29.6 Å². The van der Waals surface area contributed by atoms with Gasteiger partial charge in [0, 0.05) is 11.9 Å². The highest BCUT2D eigenvalue weighted by molar-refractivity contribution is 5.12. The smallest absolute Gasteiger partial charge is 0.0645 e. The molecule has 1 heteroatoms. The Morgan fingerprint density at radius 1 is 1.62 bits per heavy atom. The first kappa shape index (κ1) is 4.07. The molecule has 0 radical (unpaired) electrons. The number of pyridine rings is 1. The summed E-state index contributed by atoms with van der Waals surface area (Å²) in [5.74, 6) is 0. The molecule has 1 heterocycles. The van der Waals surface area contributed by atoms with Crippen molar-refractivity contribution in [2.24, 2.45) is 0 Å². The van der Waals surface area contributed by atoms with E-state index in [-0.39, 0.29) is 0 Å². The van der Waals surface area contributed by atoms with Gasteiger partial charge in [0.25, 0.3) is 0 Å². The molecule has 0 saturated carbocycles. The van der Waals surface area contributed by atoms with Crippen LogP contribution in [0.1, 0.15) is 12.6 Å². The molecule has 0 N–H and O–H groups in total. The average Bonchev–Trinajstić information content (AvgIpc) is 1.83. The summed E-state index contributed by atoms with van der Waals surface area (Å²) in [5, 5.41) is 0. The van der Waals surface area contributed by atoms with Crippen LogP contribution in [0.25, 0.3) is 0 Å². The van der Waals surface area contributed by atoms with E-state index in [1.54, 1.807) is 6.20 Å². The quantitative estimate of drug-likeness (QED) is 0.493. The van der Waals surface area contributed by atoms with Gasteiger partial charge in [0.15, 0.2) is 0 Å². The minimum absolute atomic E-state index is 0.553. The van der Waals surface area contributed by atoms with Crippen molar-refractivity contribution >= 4 is 0 Å². The molecule has 0 unspecified atom stereocenters. The summed E-state index contributed by atoms with van der Waals surface area (Å²) in [7, 11) is 0. The Morgan fingerprint density at radius 2 is 2.38 bits per heavy atom. The van der Waals surface area contributed by atoms with E-state index >= 15 is 0 Å². The number of aromatic nitrogens is 1. The standard InChI is InChI=1S/C7H9N/c1-6-3-4-8-7(2)5-6/h3-5H,1-2H3/i5D. The summed E-state index contributed by atoms with van der Waals surface area (Å²) in [6.45, 7) is 3.76. The first-order valence-corrected chi connectivity index (χ1v) is 2.60. The van der Waals surface area contributed by atoms with E-state index in [9.17, 15) is 0 Å². The minimum Gasteiger partial charge on any atom is -0.262 e. The number of hydrogen-bond donors (Lipinski definition) is 0. The molecule has 0 saturated heterocycles. The lowest BCUT2D eigenvalue weighted by Crippen LogP contribution is -1.78. The van der Waals surface area contributed by atoms with Crippen molar-refractivity contribution < 1.29 is 1.37 Å². The van der Waals surface area contributed by atoms with Crippen molar-refractivity contribution in [2.45, 2.75) is 13.8 Å². The largest absolute Gasteiger partial charge is 0.262 e. The average molecular weight is 108 g/mol. The number of aryl methyl sites for hydroxylation is 2. The van der Waals surface area contributed by atoms with E-state index in [1.165, 1.54) is 0 Å². The zero-order valence-corrected chi connectivity index (χ0v) is 5.10. The second-order valence-corrected chi connectivity index (χ2v) is 1.84. The molecule has 0 amide bonds. The number of hydrogen-bond acceptors (Lipinski definition) is 1. The van der Waals surface area contributed by atoms with Crippen LogP contribution in [0.4, 0.5) is 0 Å². The molecule has 42 valence electrons. The normalized spacial score (nSPS) is 11.0. The molecule has 0 aliphatic rings. The van der Waals surface area contributed by atoms with E-state index in [0.29, 0.717) is 6.04 Å². The van der Waals surface area contributed by atoms with Crippen LogP contribution in [-0.2, 0) is 0 Å². The minimum atomic E-state index is 0.553. The fourth-order valence-electron chi connectivity index (χ4n) is 0.620. The highest BCUT2D eigenvalue weighted by Crippen LogP contribution is 1.95. The Balaban J connectivity index is 3.25. The SMILES string of the molecule is [2H]c1c(C)ccnc1C. The van der Waals surface area contributed by atoms with Crippen LogP contribution in [0.15, 0.2) is 18.3 Å². The zero-order chi connectivity index (χ0) is 6.85. The molecule has 0 aliphatic carbocycles. The van der Waals surface area contributed by atoms with Crippen LogP contribution in [0.3, 0.4) is 0 Å². The third-order valence-electron chi connectivity index (χ3n) is 0.971. The van der Waals surface area contributed by atoms with Crippen molar-refractivity contribution in [1.82, 2.24) is 4.98 Å². The molecule has 0 atom stereocenters. The molecule has 1 nitrogen and oxygen atoms in total. The maximum atomic E-state index is 7.38. The van der Waals surface area contributed by atoms with Crippen molar-refractivity contribution in [3.63, 3.8) is 0 Å². The van der Waals surface area contributed by atoms with Gasteiger partial charge < -0.3 is 0 Å². The van der Waals surface area contributed by atoms with Crippen LogP contribution in [-0.4, -0.2) is 4.98 Å². The monoisotopic (exact) mass is 108 g/mol. The van der Waals surface area contributed by atoms with Gasteiger partial charge in [-0.05, 0) is 31.5 Å². The van der Waals surface area contributed by atoms with Crippen molar-refractivity contribution in [1.29, 1.82) is 0 Å². The summed E-state index contributed by atoms with van der Waals surface area (Å²) in [5.41, 5.74) is 1.79. The van der Waals surface area contributed by atoms with Crippen LogP contribution in [0.2, 0.25) is 0 Å². The summed E-state index contributed by atoms with van der Waals surface area (Å²) in [6.07, 6.45) is 1.72. The van der Waals surface area contributed by atoms with Gasteiger partial charge in [-0.3, -0.25) is 4.98 Å². The fraction of sp³-hybridized carbons (Fsp3) is 0.286. The Bertz CT molecular complexity index is 200. The van der Waals surface area contributed by atoms with Gasteiger partial charge in [-0.1, -0.05) is 0 Å². The molecule has 0 aromatic carbocycles. The van der Waals surface area contributed by atoms with E-state index in [1.807, 2.05) is 19.9 Å². The maximum absolute atomic E-state index is 7.38. The summed E-state index contributed by atoms with van der Waals surface area (Å²) >= 11 is 0. The predicted octanol–water partition coefficient (Wildman–Crippen LogP) is 1.70. The van der Waals surface area contributed by atoms with Crippen LogP contribution in [0, 0.1) is 13.8 Å². The second-order valence-electron chi connectivity index (χ2n) is 1.84. The summed E-state index contributed by atoms with van der Waals surface area (Å²) in [4.78, 5) is 3.95. The van der Waals surface area contributed by atoms with E-state index < -0.39 is 0 Å². The fourth-order valence-corrected chi connectivity index (χ4v) is 0.620. The summed E-state index contributed by atoms with van der Waals surface area (Å²) < 4.78 is 7.38. The molecule has 0 aliphatic heterocycles. The van der Waals surface area contributed by atoms with Gasteiger partial charge in [-0.25, -0.2) is 0 Å². The molecule has 0 fully saturated rings. The van der Waals surface area contributed by atoms with Crippen molar-refractivity contribution in [3.8, 4) is 0 Å². The van der Waals surface area contributed by atoms with Crippen LogP contribution < -0.4 is 0 Å². The molecular formula is C7H9N. The molecule has 8 heavy (non-hydrogen) atoms. The Labute approximate surface area is 50.8 Å². The highest BCUT2D eigenvalue weighted by atomic mass is 14.6. The third kappa shape index (κ3) is 1.06. The highest BCUT2D eigenvalue weighted by Gasteiger charge is 1.82. The number of rotatable bonds is 0. The van der Waals surface area contributed by atoms with Gasteiger partial charge >= 0.3 is 0 Å². The van der Waals surface area contributed by atoms with Crippen molar-refractivity contribution in [2.75, 3.05) is 0 Å². The first-order chi connectivity index (χ1) is 4.22. The Morgan fingerprint density at radius 3 is 2.88 bits per heavy atom. The van der Waals surface area contributed by atoms with Crippen LogP contribution >= 0.6 is 0 Å². The molecule has 1 rings (SSSR count). The molecule has 0 spiro atoms. The third-order valence-corrected chi connectivity index (χ3v) is 0.971. The van der Waals surface area contributed by atoms with Gasteiger partial charge in [-0.15, -0.1) is 0 Å². The van der Waals surface area contributed by atoms with E-state index in [2.05, 4.69) is 4.98 Å². The van der Waals surface area contributed by atoms with Gasteiger partial charge in [0.2, 0.25) is 0 Å². The molecular weight excluding hydrogens is 98.1 g/mol. The van der Waals surface area contributed by atoms with Gasteiger partial charge in [0.05, 0.1) is 1.37 Å². The lowest BCUT2D eigenvalue weighted by molar-refractivity contribution is 1.18. The molecule has 1 aromatic heterocycles. The Hall–Kier alpha value is -0.850. The lowest BCUT2D eigenvalue weighted by atomic mass is 10.3. The second kappa shape index (κ2) is 1.95. The van der Waals surface area contributed by atoms with E-state index in [4.69, 9.17) is 1.37 Å². The Kier molecular flexibility index (Phi) is 0.992. The first-order valence-electron chi connectivity index (χ1n) is 3.10. The topological polar surface area (TPSA) is 12.9 Å². The van der Waals surface area contributed by atoms with E-state index in [0.717, 1.165) is 11.3 Å². The number of nitrogens with zero attached hydrogens (tertiary/aromatic N) is 1. The van der Waals surface area contributed by atoms with Gasteiger partial charge in [0.1, 0.15) is 0 Å². The zero-order valence-electron chi connectivity index (χ0n) is 6.10. The van der Waals surface area contributed by atoms with Gasteiger partial charge in [-0.2, -0.15) is 0 Å². The lowest BCUT2D eigenvalue weighted by Gasteiger charge is -1.90. The predicted molar refractivity (Wildman–Crippen MR) is 33.7 cm³/mol. The maximum Gasteiger partial charge on any atom is 0.0645 e. The molecule has 0 bridgehead atoms.